The number of hydrogen-bond donors (Lipinski definition) is 2. The average Bonchev–Trinajstić information content (AvgIpc) is 2.87. The molecule has 2 N–H and O–H groups in total. The fourth-order valence-electron chi connectivity index (χ4n) is 3.03. The van der Waals surface area contributed by atoms with Gasteiger partial charge in [-0.1, -0.05) is 58.5 Å². The predicted molar refractivity (Wildman–Crippen MR) is 154 cm³/mol. The lowest BCUT2D eigenvalue weighted by molar-refractivity contribution is -0.122. The molecule has 0 saturated carbocycles. The number of amides is 2. The third-order valence-corrected chi connectivity index (χ3v) is 6.03. The SMILES string of the molecule is CCCCOc1ccc(Br)cc1/C=N/NC(=O)CCCC(=O)N/N=C/c1cc(Br)ccc1OCCCC. The van der Waals surface area contributed by atoms with E-state index in [0.717, 1.165) is 45.8 Å². The van der Waals surface area contributed by atoms with Gasteiger partial charge in [-0.2, -0.15) is 10.2 Å². The number of hydrazone groups is 2. The summed E-state index contributed by atoms with van der Waals surface area (Å²) >= 11 is 6.87. The number of carbonyl (C=O) groups excluding carboxylic acids is 2. The summed E-state index contributed by atoms with van der Waals surface area (Å²) in [5.74, 6) is 0.849. The summed E-state index contributed by atoms with van der Waals surface area (Å²) in [5.41, 5.74) is 6.51. The number of carbonyl (C=O) groups is 2. The maximum atomic E-state index is 12.1. The smallest absolute Gasteiger partial charge is 0.240 e. The van der Waals surface area contributed by atoms with Gasteiger partial charge in [-0.15, -0.1) is 0 Å². The molecule has 2 amide bonds. The van der Waals surface area contributed by atoms with Crippen LogP contribution in [-0.4, -0.2) is 37.5 Å². The van der Waals surface area contributed by atoms with Crippen LogP contribution in [0.25, 0.3) is 0 Å². The molecule has 2 aromatic carbocycles. The van der Waals surface area contributed by atoms with E-state index in [1.807, 2.05) is 36.4 Å². The molecule has 0 spiro atoms. The number of benzene rings is 2. The van der Waals surface area contributed by atoms with Crippen LogP contribution in [0.3, 0.4) is 0 Å². The monoisotopic (exact) mass is 636 g/mol. The number of halogens is 2. The quantitative estimate of drug-likeness (QED) is 0.127. The Labute approximate surface area is 235 Å². The summed E-state index contributed by atoms with van der Waals surface area (Å²) in [7, 11) is 0. The number of ether oxygens (including phenoxy) is 2. The number of hydrogen-bond acceptors (Lipinski definition) is 6. The second-order valence-electron chi connectivity index (χ2n) is 8.21. The van der Waals surface area contributed by atoms with E-state index in [-0.39, 0.29) is 24.7 Å². The van der Waals surface area contributed by atoms with E-state index < -0.39 is 0 Å². The maximum absolute atomic E-state index is 12.1. The minimum Gasteiger partial charge on any atom is -0.493 e. The highest BCUT2D eigenvalue weighted by Crippen LogP contribution is 2.23. The van der Waals surface area contributed by atoms with Crippen molar-refractivity contribution in [3.8, 4) is 11.5 Å². The Bertz CT molecular complexity index is 993. The van der Waals surface area contributed by atoms with Crippen molar-refractivity contribution in [2.24, 2.45) is 10.2 Å². The summed E-state index contributed by atoms with van der Waals surface area (Å²) in [6.07, 6.45) is 7.79. The van der Waals surface area contributed by atoms with Gasteiger partial charge in [0.2, 0.25) is 11.8 Å². The van der Waals surface area contributed by atoms with E-state index in [1.165, 1.54) is 0 Å². The molecule has 0 bridgehead atoms. The van der Waals surface area contributed by atoms with Crippen molar-refractivity contribution >= 4 is 56.1 Å². The molecule has 2 rings (SSSR count). The van der Waals surface area contributed by atoms with Gasteiger partial charge in [0.25, 0.3) is 0 Å². The lowest BCUT2D eigenvalue weighted by atomic mass is 10.2. The van der Waals surface area contributed by atoms with Crippen LogP contribution in [0.4, 0.5) is 0 Å². The van der Waals surface area contributed by atoms with Gasteiger partial charge in [-0.3, -0.25) is 9.59 Å². The first-order valence-corrected chi connectivity index (χ1v) is 14.0. The lowest BCUT2D eigenvalue weighted by Gasteiger charge is -2.09. The van der Waals surface area contributed by atoms with E-state index in [9.17, 15) is 9.59 Å². The first-order valence-electron chi connectivity index (χ1n) is 12.4. The summed E-state index contributed by atoms with van der Waals surface area (Å²) in [6, 6.07) is 11.3. The lowest BCUT2D eigenvalue weighted by Crippen LogP contribution is -2.20. The highest BCUT2D eigenvalue weighted by Gasteiger charge is 2.07. The van der Waals surface area contributed by atoms with Crippen molar-refractivity contribution < 1.29 is 19.1 Å². The van der Waals surface area contributed by atoms with E-state index in [4.69, 9.17) is 9.47 Å². The van der Waals surface area contributed by atoms with Gasteiger partial charge in [-0.05, 0) is 55.7 Å². The molecular formula is C27H34Br2N4O4. The second kappa shape index (κ2) is 17.7. The van der Waals surface area contributed by atoms with Crippen LogP contribution in [0.15, 0.2) is 55.5 Å². The zero-order valence-electron chi connectivity index (χ0n) is 21.3. The van der Waals surface area contributed by atoms with Gasteiger partial charge in [0.1, 0.15) is 11.5 Å². The third kappa shape index (κ3) is 12.4. The van der Waals surface area contributed by atoms with Crippen LogP contribution in [0.2, 0.25) is 0 Å². The molecule has 200 valence electrons. The van der Waals surface area contributed by atoms with E-state index >= 15 is 0 Å². The average molecular weight is 638 g/mol. The summed E-state index contributed by atoms with van der Waals surface area (Å²) < 4.78 is 13.3. The predicted octanol–water partition coefficient (Wildman–Crippen LogP) is 6.34. The zero-order valence-corrected chi connectivity index (χ0v) is 24.4. The Kier molecular flexibility index (Phi) is 14.6. The first-order chi connectivity index (χ1) is 17.9. The summed E-state index contributed by atoms with van der Waals surface area (Å²) in [5, 5.41) is 8.06. The molecule has 0 aromatic heterocycles. The molecule has 0 fully saturated rings. The Hall–Kier alpha value is -2.72. The van der Waals surface area contributed by atoms with Gasteiger partial charge in [0, 0.05) is 32.9 Å². The Morgan fingerprint density at radius 1 is 0.757 bits per heavy atom. The molecule has 10 heteroatoms. The molecule has 0 saturated heterocycles. The molecule has 8 nitrogen and oxygen atoms in total. The van der Waals surface area contributed by atoms with Crippen molar-refractivity contribution in [3.63, 3.8) is 0 Å². The van der Waals surface area contributed by atoms with Gasteiger partial charge >= 0.3 is 0 Å². The Balaban J connectivity index is 1.75. The molecule has 0 heterocycles. The normalized spacial score (nSPS) is 11.1. The van der Waals surface area contributed by atoms with Crippen LogP contribution >= 0.6 is 31.9 Å². The number of unbranched alkanes of at least 4 members (excludes halogenated alkanes) is 2. The summed E-state index contributed by atoms with van der Waals surface area (Å²) in [4.78, 5) is 24.2. The molecule has 0 unspecified atom stereocenters. The van der Waals surface area contributed by atoms with Gasteiger partial charge in [0.15, 0.2) is 0 Å². The van der Waals surface area contributed by atoms with Crippen LogP contribution < -0.4 is 20.3 Å². The van der Waals surface area contributed by atoms with Crippen LogP contribution in [0, 0.1) is 0 Å². The highest BCUT2D eigenvalue weighted by atomic mass is 79.9. The van der Waals surface area contributed by atoms with Crippen molar-refractivity contribution in [1.29, 1.82) is 0 Å². The molecular weight excluding hydrogens is 604 g/mol. The minimum atomic E-state index is -0.279. The van der Waals surface area contributed by atoms with Crippen LogP contribution in [-0.2, 0) is 9.59 Å². The van der Waals surface area contributed by atoms with Crippen LogP contribution in [0.5, 0.6) is 11.5 Å². The van der Waals surface area contributed by atoms with E-state index in [2.05, 4.69) is 66.8 Å². The largest absolute Gasteiger partial charge is 0.493 e. The van der Waals surface area contributed by atoms with E-state index in [1.54, 1.807) is 12.4 Å². The van der Waals surface area contributed by atoms with Crippen molar-refractivity contribution in [3.05, 3.63) is 56.5 Å². The standard InChI is InChI=1S/C27H34Br2N4O4/c1-3-5-14-36-24-12-10-22(28)16-20(24)18-30-32-26(34)8-7-9-27(35)33-31-19-21-17-23(29)11-13-25(21)37-15-6-4-2/h10-13,16-19H,3-9,14-15H2,1-2H3,(H,32,34)(H,33,35)/b30-18+,31-19+. The molecule has 0 aliphatic carbocycles. The molecule has 2 aromatic rings. The second-order valence-corrected chi connectivity index (χ2v) is 10.0. The molecule has 37 heavy (non-hydrogen) atoms. The Morgan fingerprint density at radius 2 is 1.19 bits per heavy atom. The van der Waals surface area contributed by atoms with Crippen molar-refractivity contribution in [1.82, 2.24) is 10.9 Å². The zero-order chi connectivity index (χ0) is 26.9. The molecule has 0 aliphatic rings. The maximum Gasteiger partial charge on any atom is 0.240 e. The Morgan fingerprint density at radius 3 is 1.59 bits per heavy atom. The third-order valence-electron chi connectivity index (χ3n) is 5.05. The first kappa shape index (κ1) is 30.5. The van der Waals surface area contributed by atoms with Crippen LogP contribution in [0.1, 0.15) is 69.9 Å². The van der Waals surface area contributed by atoms with Crippen molar-refractivity contribution in [2.75, 3.05) is 13.2 Å². The summed E-state index contributed by atoms with van der Waals surface area (Å²) in [6.45, 7) is 5.44. The molecule has 0 radical (unpaired) electrons. The van der Waals surface area contributed by atoms with Gasteiger partial charge < -0.3 is 9.47 Å². The van der Waals surface area contributed by atoms with Gasteiger partial charge in [-0.25, -0.2) is 10.9 Å². The minimum absolute atomic E-state index is 0.161. The number of nitrogens with one attached hydrogen (secondary N) is 2. The fraction of sp³-hybridized carbons (Fsp3) is 0.407. The highest BCUT2D eigenvalue weighted by molar-refractivity contribution is 9.10. The van der Waals surface area contributed by atoms with Crippen molar-refractivity contribution in [2.45, 2.75) is 58.8 Å². The molecule has 0 aliphatic heterocycles. The topological polar surface area (TPSA) is 101 Å². The van der Waals surface area contributed by atoms with E-state index in [0.29, 0.717) is 31.1 Å². The number of rotatable bonds is 16. The van der Waals surface area contributed by atoms with Gasteiger partial charge in [0.05, 0.1) is 25.6 Å². The number of nitrogens with zero attached hydrogens (tertiary/aromatic N) is 2. The molecule has 0 atom stereocenters. The fourth-order valence-corrected chi connectivity index (χ4v) is 3.78.